The molecule has 4 nitrogen and oxygen atoms in total. The summed E-state index contributed by atoms with van der Waals surface area (Å²) in [6.07, 6.45) is 0. The molecule has 0 aliphatic heterocycles. The number of carbonyl (C=O) groups is 1. The number of H-pyrrole nitrogens is 1. The number of amides is 1. The third-order valence-corrected chi connectivity index (χ3v) is 3.32. The van der Waals surface area contributed by atoms with Gasteiger partial charge in [0.1, 0.15) is 0 Å². The number of aromatic amines is 1. The molecular formula is C14H11N3OS. The molecule has 0 atom stereocenters. The molecule has 0 saturated carbocycles. The zero-order valence-electron chi connectivity index (χ0n) is 9.96. The van der Waals surface area contributed by atoms with Crippen LogP contribution < -0.4 is 4.72 Å². The molecule has 94 valence electrons. The predicted molar refractivity (Wildman–Crippen MR) is 75.9 cm³/mol. The van der Waals surface area contributed by atoms with E-state index in [4.69, 9.17) is 0 Å². The molecule has 19 heavy (non-hydrogen) atoms. The van der Waals surface area contributed by atoms with Gasteiger partial charge in [-0.3, -0.25) is 9.52 Å². The number of fused-ring (bicyclic) bond motifs is 1. The van der Waals surface area contributed by atoms with E-state index in [2.05, 4.69) is 14.7 Å². The molecule has 3 aromatic rings. The van der Waals surface area contributed by atoms with Gasteiger partial charge in [-0.25, -0.2) is 4.98 Å². The molecule has 0 unspecified atom stereocenters. The van der Waals surface area contributed by atoms with E-state index < -0.39 is 0 Å². The van der Waals surface area contributed by atoms with E-state index in [0.29, 0.717) is 10.7 Å². The Balaban J connectivity index is 1.71. The second-order valence-corrected chi connectivity index (χ2v) is 4.75. The van der Waals surface area contributed by atoms with E-state index in [9.17, 15) is 4.79 Å². The Morgan fingerprint density at radius 3 is 2.58 bits per heavy atom. The van der Waals surface area contributed by atoms with Crippen LogP contribution in [0.4, 0.5) is 0 Å². The van der Waals surface area contributed by atoms with Crippen molar-refractivity contribution in [3.05, 3.63) is 60.2 Å². The Morgan fingerprint density at radius 2 is 1.79 bits per heavy atom. The largest absolute Gasteiger partial charge is 0.331 e. The summed E-state index contributed by atoms with van der Waals surface area (Å²) in [6, 6.07) is 16.8. The molecule has 1 aromatic heterocycles. The van der Waals surface area contributed by atoms with Crippen molar-refractivity contribution >= 4 is 28.9 Å². The molecule has 2 aromatic carbocycles. The summed E-state index contributed by atoms with van der Waals surface area (Å²) < 4.78 is 2.76. The maximum absolute atomic E-state index is 11.9. The van der Waals surface area contributed by atoms with Gasteiger partial charge in [0.15, 0.2) is 5.16 Å². The van der Waals surface area contributed by atoms with Gasteiger partial charge in [0, 0.05) is 17.5 Å². The topological polar surface area (TPSA) is 57.8 Å². The number of carbonyl (C=O) groups excluding carboxylic acids is 1. The van der Waals surface area contributed by atoms with Crippen molar-refractivity contribution in [1.29, 1.82) is 0 Å². The molecule has 5 heteroatoms. The van der Waals surface area contributed by atoms with Crippen LogP contribution >= 0.6 is 11.9 Å². The monoisotopic (exact) mass is 269 g/mol. The van der Waals surface area contributed by atoms with E-state index in [1.807, 2.05) is 42.5 Å². The molecule has 2 N–H and O–H groups in total. The van der Waals surface area contributed by atoms with Crippen molar-refractivity contribution in [1.82, 2.24) is 14.7 Å². The molecular weight excluding hydrogens is 258 g/mol. The molecule has 0 spiro atoms. The second kappa shape index (κ2) is 5.16. The highest BCUT2D eigenvalue weighted by Crippen LogP contribution is 2.17. The first kappa shape index (κ1) is 11.8. The molecule has 0 aliphatic rings. The Morgan fingerprint density at radius 1 is 1.05 bits per heavy atom. The number of aromatic nitrogens is 2. The maximum atomic E-state index is 11.9. The molecule has 0 bridgehead atoms. The fourth-order valence-electron chi connectivity index (χ4n) is 1.72. The quantitative estimate of drug-likeness (QED) is 0.719. The molecule has 3 rings (SSSR count). The number of nitrogens with zero attached hydrogens (tertiary/aromatic N) is 1. The van der Waals surface area contributed by atoms with Gasteiger partial charge >= 0.3 is 0 Å². The van der Waals surface area contributed by atoms with Gasteiger partial charge < -0.3 is 4.98 Å². The summed E-state index contributed by atoms with van der Waals surface area (Å²) in [5, 5.41) is 0.672. The molecule has 0 radical (unpaired) electrons. The van der Waals surface area contributed by atoms with Crippen LogP contribution in [0.1, 0.15) is 10.4 Å². The fraction of sp³-hybridized carbons (Fsp3) is 0. The van der Waals surface area contributed by atoms with Crippen LogP contribution in [-0.2, 0) is 0 Å². The van der Waals surface area contributed by atoms with Crippen LogP contribution in [0.5, 0.6) is 0 Å². The van der Waals surface area contributed by atoms with E-state index in [1.54, 1.807) is 12.1 Å². The Kier molecular flexibility index (Phi) is 3.20. The number of hydrogen-bond donors (Lipinski definition) is 2. The van der Waals surface area contributed by atoms with Crippen molar-refractivity contribution in [2.24, 2.45) is 0 Å². The van der Waals surface area contributed by atoms with Crippen LogP contribution in [0.3, 0.4) is 0 Å². The minimum Gasteiger partial charge on any atom is -0.331 e. The van der Waals surface area contributed by atoms with E-state index in [1.165, 1.54) is 11.9 Å². The predicted octanol–water partition coefficient (Wildman–Crippen LogP) is 3.00. The van der Waals surface area contributed by atoms with Gasteiger partial charge in [-0.05, 0) is 24.3 Å². The SMILES string of the molecule is O=C(NSc1nc2ccccc2[nH]1)c1ccccc1. The number of imidazole rings is 1. The lowest BCUT2D eigenvalue weighted by Gasteiger charge is -2.01. The Bertz CT molecular complexity index is 676. The van der Waals surface area contributed by atoms with Crippen molar-refractivity contribution in [3.63, 3.8) is 0 Å². The summed E-state index contributed by atoms with van der Waals surface area (Å²) in [6.45, 7) is 0. The van der Waals surface area contributed by atoms with Crippen molar-refractivity contribution < 1.29 is 4.79 Å². The highest BCUT2D eigenvalue weighted by Gasteiger charge is 2.07. The first-order valence-electron chi connectivity index (χ1n) is 5.80. The van der Waals surface area contributed by atoms with E-state index in [0.717, 1.165) is 11.0 Å². The van der Waals surface area contributed by atoms with Crippen LogP contribution in [0.2, 0.25) is 0 Å². The average molecular weight is 269 g/mol. The van der Waals surface area contributed by atoms with Gasteiger partial charge in [0.05, 0.1) is 11.0 Å². The molecule has 1 heterocycles. The third kappa shape index (κ3) is 2.61. The maximum Gasteiger partial charge on any atom is 0.261 e. The molecule has 0 aliphatic carbocycles. The van der Waals surface area contributed by atoms with Gasteiger partial charge in [-0.2, -0.15) is 0 Å². The summed E-state index contributed by atoms with van der Waals surface area (Å²) in [4.78, 5) is 19.4. The van der Waals surface area contributed by atoms with Crippen molar-refractivity contribution in [3.8, 4) is 0 Å². The lowest BCUT2D eigenvalue weighted by molar-refractivity contribution is 0.0984. The number of hydrogen-bond acceptors (Lipinski definition) is 3. The van der Waals surface area contributed by atoms with Crippen molar-refractivity contribution in [2.45, 2.75) is 5.16 Å². The zero-order chi connectivity index (χ0) is 13.1. The highest BCUT2D eigenvalue weighted by molar-refractivity contribution is 7.97. The first-order valence-corrected chi connectivity index (χ1v) is 6.61. The number of para-hydroxylation sites is 2. The lowest BCUT2D eigenvalue weighted by atomic mass is 10.2. The summed E-state index contributed by atoms with van der Waals surface area (Å²) in [7, 11) is 0. The van der Waals surface area contributed by atoms with Crippen LogP contribution in [0.25, 0.3) is 11.0 Å². The number of rotatable bonds is 3. The third-order valence-electron chi connectivity index (χ3n) is 2.64. The van der Waals surface area contributed by atoms with Crippen LogP contribution in [0, 0.1) is 0 Å². The van der Waals surface area contributed by atoms with Crippen LogP contribution in [-0.4, -0.2) is 15.9 Å². The van der Waals surface area contributed by atoms with E-state index >= 15 is 0 Å². The van der Waals surface area contributed by atoms with Gasteiger partial charge in [-0.1, -0.05) is 30.3 Å². The Hall–Kier alpha value is -2.27. The van der Waals surface area contributed by atoms with Crippen LogP contribution in [0.15, 0.2) is 59.8 Å². The van der Waals surface area contributed by atoms with Gasteiger partial charge in [0.2, 0.25) is 0 Å². The standard InChI is InChI=1S/C14H11N3OS/c18-13(10-6-2-1-3-7-10)17-19-14-15-11-8-4-5-9-12(11)16-14/h1-9H,(H,15,16)(H,17,18). The molecule has 1 amide bonds. The lowest BCUT2D eigenvalue weighted by Crippen LogP contribution is -2.15. The minimum atomic E-state index is -0.133. The smallest absolute Gasteiger partial charge is 0.261 e. The summed E-state index contributed by atoms with van der Waals surface area (Å²) in [5.74, 6) is -0.133. The second-order valence-electron chi connectivity index (χ2n) is 3.96. The normalized spacial score (nSPS) is 10.5. The molecule has 0 saturated heterocycles. The molecule has 0 fully saturated rings. The summed E-state index contributed by atoms with van der Waals surface area (Å²) >= 11 is 1.18. The van der Waals surface area contributed by atoms with Gasteiger partial charge in [-0.15, -0.1) is 0 Å². The van der Waals surface area contributed by atoms with Crippen molar-refractivity contribution in [2.75, 3.05) is 0 Å². The zero-order valence-corrected chi connectivity index (χ0v) is 10.8. The minimum absolute atomic E-state index is 0.133. The Labute approximate surface area is 114 Å². The summed E-state index contributed by atoms with van der Waals surface area (Å²) in [5.41, 5.74) is 2.48. The highest BCUT2D eigenvalue weighted by atomic mass is 32.2. The number of benzene rings is 2. The fourth-order valence-corrected chi connectivity index (χ4v) is 2.33. The average Bonchev–Trinajstić information content (AvgIpc) is 2.88. The van der Waals surface area contributed by atoms with Gasteiger partial charge in [0.25, 0.3) is 5.91 Å². The number of nitrogens with one attached hydrogen (secondary N) is 2. The first-order chi connectivity index (χ1) is 9.33. The van der Waals surface area contributed by atoms with E-state index in [-0.39, 0.29) is 5.91 Å².